The summed E-state index contributed by atoms with van der Waals surface area (Å²) in [5.41, 5.74) is 0. The highest BCUT2D eigenvalue weighted by molar-refractivity contribution is 7.78. The van der Waals surface area contributed by atoms with Crippen molar-refractivity contribution >= 4 is 44.4 Å². The highest BCUT2D eigenvalue weighted by Gasteiger charge is 1.45. The Morgan fingerprint density at radius 3 is 2.33 bits per heavy atom. The fraction of sp³-hybridized carbons (Fsp3) is 0. The Bertz CT molecular complexity index is 38.5. The lowest BCUT2D eigenvalue weighted by molar-refractivity contribution is -0.324. The van der Waals surface area contributed by atoms with E-state index in [1.165, 1.54) is 11.1 Å². The van der Waals surface area contributed by atoms with E-state index in [1.54, 1.807) is 0 Å². The Hall–Kier alpha value is 0.620. The molecule has 6 heavy (non-hydrogen) atoms. The van der Waals surface area contributed by atoms with Gasteiger partial charge < -0.3 is 17.5 Å². The lowest BCUT2D eigenvalue weighted by Gasteiger charge is -1.82. The van der Waals surface area contributed by atoms with E-state index < -0.39 is 0 Å². The van der Waals surface area contributed by atoms with Gasteiger partial charge in [-0.1, -0.05) is 0 Å². The average molecular weight is 145 g/mol. The van der Waals surface area contributed by atoms with Crippen molar-refractivity contribution in [1.29, 1.82) is 0 Å². The van der Waals surface area contributed by atoms with Crippen LogP contribution in [0.3, 0.4) is 0 Å². The van der Waals surface area contributed by atoms with Crippen LogP contribution in [0.1, 0.15) is 0 Å². The van der Waals surface area contributed by atoms with Crippen LogP contribution in [-0.2, 0) is 12.8 Å². The van der Waals surface area contributed by atoms with Gasteiger partial charge in [-0.2, -0.15) is 4.40 Å². The fourth-order valence-electron chi connectivity index (χ4n) is 0.0272. The van der Waals surface area contributed by atoms with Crippen LogP contribution in [0.5, 0.6) is 0 Å². The summed E-state index contributed by atoms with van der Waals surface area (Å²) in [7, 11) is 0. The highest BCUT2D eigenvalue weighted by Crippen LogP contribution is 1.58. The number of nitrogens with two attached hydrogens (primary N) is 1. The van der Waals surface area contributed by atoms with E-state index in [9.17, 15) is 0 Å². The minimum atomic E-state index is 0. The summed E-state index contributed by atoms with van der Waals surface area (Å²) in [5.74, 6) is 0. The smallest absolute Gasteiger partial charge is 0.175 e. The van der Waals surface area contributed by atoms with Gasteiger partial charge in [-0.3, -0.25) is 0 Å². The molecular formula is CH5ClN2S2. The van der Waals surface area contributed by atoms with E-state index in [1.807, 2.05) is 0 Å². The molecule has 5 heteroatoms. The summed E-state index contributed by atoms with van der Waals surface area (Å²) in [6, 6.07) is 0. The molecule has 38 valence electrons. The van der Waals surface area contributed by atoms with Gasteiger partial charge in [0.1, 0.15) is 0 Å². The van der Waals surface area contributed by atoms with Crippen molar-refractivity contribution in [2.75, 3.05) is 0 Å². The largest absolute Gasteiger partial charge is 0.491 e. The highest BCUT2D eigenvalue weighted by atomic mass is 35.5. The molecular weight excluding hydrogens is 140 g/mol. The molecule has 2 N–H and O–H groups in total. The van der Waals surface area contributed by atoms with E-state index in [0.29, 0.717) is 0 Å². The van der Waals surface area contributed by atoms with Gasteiger partial charge in [-0.15, -0.1) is 12.4 Å². The van der Waals surface area contributed by atoms with Crippen LogP contribution >= 0.6 is 25.2 Å². The molecule has 0 atom stereocenters. The molecule has 0 saturated heterocycles. The van der Waals surface area contributed by atoms with E-state index in [4.69, 9.17) is 0 Å². The summed E-state index contributed by atoms with van der Waals surface area (Å²) >= 11 is 7.80. The van der Waals surface area contributed by atoms with Crippen molar-refractivity contribution in [2.24, 2.45) is 4.40 Å². The molecule has 2 nitrogen and oxygen atoms in total. The van der Waals surface area contributed by atoms with Crippen LogP contribution in [0.2, 0.25) is 0 Å². The second kappa shape index (κ2) is 9.15. The molecule has 0 aromatic rings. The molecule has 0 bridgehead atoms. The molecule has 0 aromatic carbocycles. The van der Waals surface area contributed by atoms with Gasteiger partial charge in [0, 0.05) is 0 Å². The van der Waals surface area contributed by atoms with Gasteiger partial charge in [0.2, 0.25) is 0 Å². The number of thiol groups is 1. The quantitative estimate of drug-likeness (QED) is 0.217. The van der Waals surface area contributed by atoms with E-state index in [2.05, 4.69) is 30.0 Å². The SMILES string of the molecule is Cl.[S-][NH2+]/C=N/S. The van der Waals surface area contributed by atoms with Crippen LogP contribution in [0.4, 0.5) is 0 Å². The van der Waals surface area contributed by atoms with Crippen molar-refractivity contribution in [1.82, 2.24) is 0 Å². The standard InChI is InChI=1S/CH4N2S2.ClH/c4-2-1-3-5;/h1,5H,2H2;1H/b3-1+;. The predicted molar refractivity (Wildman–Crippen MR) is 34.0 cm³/mol. The van der Waals surface area contributed by atoms with Crippen LogP contribution in [0.25, 0.3) is 0 Å². The first-order valence-corrected chi connectivity index (χ1v) is 1.90. The maximum Gasteiger partial charge on any atom is 0.175 e. The van der Waals surface area contributed by atoms with E-state index >= 15 is 0 Å². The summed E-state index contributed by atoms with van der Waals surface area (Å²) in [6.07, 6.45) is 1.43. The van der Waals surface area contributed by atoms with Gasteiger partial charge in [-0.05, 0) is 12.8 Å². The molecule has 0 amide bonds. The molecule has 0 aliphatic carbocycles. The minimum absolute atomic E-state index is 0. The van der Waals surface area contributed by atoms with Crippen LogP contribution in [0.15, 0.2) is 4.40 Å². The molecule has 0 saturated carbocycles. The monoisotopic (exact) mass is 144 g/mol. The lowest BCUT2D eigenvalue weighted by atomic mass is 11.4. The summed E-state index contributed by atoms with van der Waals surface area (Å²) in [5, 5.41) is 0. The lowest BCUT2D eigenvalue weighted by Crippen LogP contribution is -2.75. The Morgan fingerprint density at radius 1 is 1.83 bits per heavy atom. The maximum absolute atomic E-state index is 4.33. The zero-order valence-corrected chi connectivity index (χ0v) is 5.39. The molecule has 0 fully saturated rings. The molecule has 0 radical (unpaired) electrons. The maximum atomic E-state index is 4.33. The number of nitrogens with zero attached hydrogens (tertiary/aromatic N) is 1. The number of halogens is 1. The molecule has 0 aliphatic rings. The number of hydrogen-bond acceptors (Lipinski definition) is 3. The Labute approximate surface area is 53.9 Å². The number of hydrogen-bond donors (Lipinski definition) is 2. The molecule has 0 heterocycles. The topological polar surface area (TPSA) is 29.0 Å². The van der Waals surface area contributed by atoms with Crippen molar-refractivity contribution in [3.63, 3.8) is 0 Å². The van der Waals surface area contributed by atoms with Crippen molar-refractivity contribution in [3.8, 4) is 0 Å². The normalized spacial score (nSPS) is 8.33. The Balaban J connectivity index is 0. The predicted octanol–water partition coefficient (Wildman–Crippen LogP) is -0.693. The third-order valence-corrected chi connectivity index (χ3v) is 0.383. The summed E-state index contributed by atoms with van der Waals surface area (Å²) in [6.45, 7) is 0. The average Bonchev–Trinajstić information content (AvgIpc) is 1.41. The second-order valence-electron chi connectivity index (χ2n) is 0.401. The van der Waals surface area contributed by atoms with Crippen molar-refractivity contribution in [3.05, 3.63) is 0 Å². The molecule has 0 spiro atoms. The zero-order chi connectivity index (χ0) is 4.12. The molecule has 0 aromatic heterocycles. The van der Waals surface area contributed by atoms with Crippen LogP contribution in [-0.4, -0.2) is 6.34 Å². The second-order valence-corrected chi connectivity index (χ2v) is 0.904. The van der Waals surface area contributed by atoms with Gasteiger partial charge in [0.25, 0.3) is 0 Å². The third kappa shape index (κ3) is 8.82. The molecule has 0 rings (SSSR count). The Kier molecular flexibility index (Phi) is 14.9. The van der Waals surface area contributed by atoms with Gasteiger partial charge >= 0.3 is 0 Å². The summed E-state index contributed by atoms with van der Waals surface area (Å²) in [4.78, 5) is 0. The zero-order valence-electron chi connectivity index (χ0n) is 2.87. The van der Waals surface area contributed by atoms with Crippen molar-refractivity contribution < 1.29 is 4.72 Å². The van der Waals surface area contributed by atoms with E-state index in [0.717, 1.165) is 0 Å². The number of rotatable bonds is 1. The molecule has 0 aliphatic heterocycles. The van der Waals surface area contributed by atoms with E-state index in [-0.39, 0.29) is 12.4 Å². The van der Waals surface area contributed by atoms with Crippen molar-refractivity contribution in [2.45, 2.75) is 0 Å². The first-order chi connectivity index (χ1) is 2.41. The summed E-state index contributed by atoms with van der Waals surface area (Å²) < 4.78 is 4.66. The van der Waals surface area contributed by atoms with Gasteiger partial charge in [0.15, 0.2) is 6.34 Å². The number of quaternary nitrogens is 1. The van der Waals surface area contributed by atoms with Gasteiger partial charge in [0.05, 0.1) is 0 Å². The third-order valence-electron chi connectivity index (χ3n) is 0.128. The fourth-order valence-corrected chi connectivity index (χ4v) is 0.245. The first kappa shape index (κ1) is 9.80. The van der Waals surface area contributed by atoms with Crippen LogP contribution in [0, 0.1) is 0 Å². The van der Waals surface area contributed by atoms with Gasteiger partial charge in [-0.25, -0.2) is 0 Å². The molecule has 0 unspecified atom stereocenters. The Morgan fingerprint density at radius 2 is 2.33 bits per heavy atom. The first-order valence-electron chi connectivity index (χ1n) is 1.03. The van der Waals surface area contributed by atoms with Crippen LogP contribution < -0.4 is 4.72 Å². The minimum Gasteiger partial charge on any atom is -0.491 e.